The summed E-state index contributed by atoms with van der Waals surface area (Å²) in [5.41, 5.74) is 2.29. The molecule has 0 aliphatic carbocycles. The van der Waals surface area contributed by atoms with Crippen LogP contribution >= 0.6 is 11.8 Å². The van der Waals surface area contributed by atoms with Crippen LogP contribution in [0.4, 0.5) is 4.39 Å². The van der Waals surface area contributed by atoms with Gasteiger partial charge in [-0.05, 0) is 60.2 Å². The molecule has 0 fully saturated rings. The van der Waals surface area contributed by atoms with Gasteiger partial charge in [0.25, 0.3) is 5.91 Å². The smallest absolute Gasteiger partial charge is 0.346 e. The molecular formula is C26H17FN4O3S. The molecule has 5 rings (SSSR count). The molecule has 2 aliphatic heterocycles. The summed E-state index contributed by atoms with van der Waals surface area (Å²) in [5.74, 6) is -2.02. The van der Waals surface area contributed by atoms with E-state index in [2.05, 4.69) is 10.1 Å². The van der Waals surface area contributed by atoms with Gasteiger partial charge in [0.1, 0.15) is 16.6 Å². The second kappa shape index (κ2) is 9.11. The van der Waals surface area contributed by atoms with Gasteiger partial charge in [-0.25, -0.2) is 9.18 Å². The number of halogens is 1. The summed E-state index contributed by atoms with van der Waals surface area (Å²) in [6, 6.07) is 19.6. The van der Waals surface area contributed by atoms with Crippen molar-refractivity contribution in [2.45, 2.75) is 6.92 Å². The minimum atomic E-state index is -0.837. The molecule has 3 aromatic rings. The summed E-state index contributed by atoms with van der Waals surface area (Å²) >= 11 is 1.23. The molecule has 172 valence electrons. The second-order valence-electron chi connectivity index (χ2n) is 7.68. The van der Waals surface area contributed by atoms with Crippen LogP contribution in [-0.4, -0.2) is 32.9 Å². The predicted molar refractivity (Wildman–Crippen MR) is 133 cm³/mol. The molecule has 3 aromatic carbocycles. The zero-order valence-electron chi connectivity index (χ0n) is 18.4. The lowest BCUT2D eigenvalue weighted by atomic mass is 10.1. The van der Waals surface area contributed by atoms with E-state index in [1.165, 1.54) is 47.1 Å². The largest absolute Gasteiger partial charge is 0.423 e. The Morgan fingerprint density at radius 1 is 1.09 bits per heavy atom. The van der Waals surface area contributed by atoms with Crippen molar-refractivity contribution in [2.24, 2.45) is 10.1 Å². The highest BCUT2D eigenvalue weighted by Gasteiger charge is 2.36. The number of thioether (sulfide) groups is 1. The molecule has 2 heterocycles. The number of rotatable bonds is 4. The van der Waals surface area contributed by atoms with E-state index in [4.69, 9.17) is 10.1 Å². The SMILES string of the molecule is Cc1ccccc1C1=NN2C(=N)C(=Cc3cccc(OC(=O)c4ccccc4F)c3)C(=O)N=C2S1. The maximum Gasteiger partial charge on any atom is 0.346 e. The van der Waals surface area contributed by atoms with E-state index in [9.17, 15) is 14.0 Å². The number of hydrogen-bond acceptors (Lipinski definition) is 6. The number of carbonyl (C=O) groups is 2. The van der Waals surface area contributed by atoms with E-state index in [1.54, 1.807) is 24.3 Å². The number of hydrogen-bond donors (Lipinski definition) is 1. The number of nitrogens with zero attached hydrogens (tertiary/aromatic N) is 3. The van der Waals surface area contributed by atoms with E-state index < -0.39 is 17.7 Å². The highest BCUT2D eigenvalue weighted by atomic mass is 32.2. The first-order valence-corrected chi connectivity index (χ1v) is 11.4. The summed E-state index contributed by atoms with van der Waals surface area (Å²) in [5, 5.41) is 15.4. The Labute approximate surface area is 204 Å². The zero-order chi connectivity index (χ0) is 24.5. The van der Waals surface area contributed by atoms with Crippen LogP contribution in [0.5, 0.6) is 5.75 Å². The van der Waals surface area contributed by atoms with Gasteiger partial charge in [-0.2, -0.15) is 15.1 Å². The van der Waals surface area contributed by atoms with Gasteiger partial charge in [0.15, 0.2) is 5.84 Å². The molecule has 7 nitrogen and oxygen atoms in total. The van der Waals surface area contributed by atoms with Crippen molar-refractivity contribution in [2.75, 3.05) is 0 Å². The average molecular weight is 485 g/mol. The quantitative estimate of drug-likeness (QED) is 0.319. The monoisotopic (exact) mass is 484 g/mol. The average Bonchev–Trinajstić information content (AvgIpc) is 3.26. The molecule has 1 N–H and O–H groups in total. The van der Waals surface area contributed by atoms with Crippen molar-refractivity contribution < 1.29 is 18.7 Å². The number of esters is 1. The van der Waals surface area contributed by atoms with Crippen LogP contribution < -0.4 is 4.74 Å². The van der Waals surface area contributed by atoms with Crippen LogP contribution in [0, 0.1) is 18.2 Å². The van der Waals surface area contributed by atoms with Gasteiger partial charge in [0.05, 0.1) is 11.1 Å². The molecule has 1 amide bonds. The molecule has 9 heteroatoms. The van der Waals surface area contributed by atoms with Crippen LogP contribution in [-0.2, 0) is 4.79 Å². The summed E-state index contributed by atoms with van der Waals surface area (Å²) in [6.07, 6.45) is 1.48. The maximum atomic E-state index is 13.9. The van der Waals surface area contributed by atoms with Gasteiger partial charge in [-0.3, -0.25) is 10.2 Å². The Kier molecular flexibility index (Phi) is 5.84. The topological polar surface area (TPSA) is 95.2 Å². The lowest BCUT2D eigenvalue weighted by molar-refractivity contribution is -0.114. The first-order valence-electron chi connectivity index (χ1n) is 10.5. The Bertz CT molecular complexity index is 1500. The number of aliphatic imine (C=N–C) groups is 1. The van der Waals surface area contributed by atoms with Crippen molar-refractivity contribution in [3.63, 3.8) is 0 Å². The number of fused-ring (bicyclic) bond motifs is 1. The third-order valence-electron chi connectivity index (χ3n) is 5.30. The fourth-order valence-electron chi connectivity index (χ4n) is 3.54. The van der Waals surface area contributed by atoms with Gasteiger partial charge in [0, 0.05) is 5.56 Å². The van der Waals surface area contributed by atoms with Crippen LogP contribution in [0.1, 0.15) is 27.0 Å². The van der Waals surface area contributed by atoms with Crippen LogP contribution in [0.25, 0.3) is 6.08 Å². The summed E-state index contributed by atoms with van der Waals surface area (Å²) in [7, 11) is 0. The predicted octanol–water partition coefficient (Wildman–Crippen LogP) is 5.02. The molecular weight excluding hydrogens is 467 g/mol. The maximum absolute atomic E-state index is 13.9. The van der Waals surface area contributed by atoms with Crippen LogP contribution in [0.2, 0.25) is 0 Å². The Hall–Kier alpha value is -4.37. The lowest BCUT2D eigenvalue weighted by Gasteiger charge is -2.20. The fraction of sp³-hybridized carbons (Fsp3) is 0.0385. The highest BCUT2D eigenvalue weighted by molar-refractivity contribution is 8.27. The number of ether oxygens (including phenoxy) is 1. The van der Waals surface area contributed by atoms with Crippen molar-refractivity contribution in [3.8, 4) is 5.75 Å². The van der Waals surface area contributed by atoms with E-state index in [0.29, 0.717) is 15.8 Å². The van der Waals surface area contributed by atoms with Crippen LogP contribution in [0.15, 0.2) is 88.5 Å². The standard InChI is InChI=1S/C26H17FN4O3S/c1-15-7-2-3-10-18(15)24-30-31-22(28)20(23(32)29-26(31)35-24)14-16-8-6-9-17(13-16)34-25(33)19-11-4-5-12-21(19)27/h2-14,28H,1H3. The lowest BCUT2D eigenvalue weighted by Crippen LogP contribution is -2.35. The molecule has 0 bridgehead atoms. The van der Waals surface area contributed by atoms with Crippen LogP contribution in [0.3, 0.4) is 0 Å². The van der Waals surface area contributed by atoms with E-state index in [-0.39, 0.29) is 22.7 Å². The minimum Gasteiger partial charge on any atom is -0.423 e. The fourth-order valence-corrected chi connectivity index (χ4v) is 4.52. The second-order valence-corrected chi connectivity index (χ2v) is 8.64. The number of aryl methyl sites for hydroxylation is 1. The number of nitrogens with one attached hydrogen (secondary N) is 1. The summed E-state index contributed by atoms with van der Waals surface area (Å²) in [6.45, 7) is 1.96. The highest BCUT2D eigenvalue weighted by Crippen LogP contribution is 2.32. The molecule has 0 saturated carbocycles. The Morgan fingerprint density at radius 2 is 1.86 bits per heavy atom. The van der Waals surface area contributed by atoms with Gasteiger partial charge < -0.3 is 4.74 Å². The van der Waals surface area contributed by atoms with Gasteiger partial charge >= 0.3 is 5.97 Å². The molecule has 0 spiro atoms. The minimum absolute atomic E-state index is 0.0433. The molecule has 2 aliphatic rings. The Balaban J connectivity index is 1.40. The first kappa shape index (κ1) is 22.4. The summed E-state index contributed by atoms with van der Waals surface area (Å²) in [4.78, 5) is 29.2. The molecule has 0 radical (unpaired) electrons. The van der Waals surface area contributed by atoms with E-state index in [1.807, 2.05) is 31.2 Å². The third kappa shape index (κ3) is 4.41. The van der Waals surface area contributed by atoms with Crippen molar-refractivity contribution in [1.82, 2.24) is 5.01 Å². The van der Waals surface area contributed by atoms with E-state index >= 15 is 0 Å². The summed E-state index contributed by atoms with van der Waals surface area (Å²) < 4.78 is 19.2. The number of amidine groups is 2. The zero-order valence-corrected chi connectivity index (χ0v) is 19.2. The van der Waals surface area contributed by atoms with Gasteiger partial charge in [0.2, 0.25) is 5.17 Å². The molecule has 35 heavy (non-hydrogen) atoms. The number of hydrazone groups is 1. The third-order valence-corrected chi connectivity index (χ3v) is 6.25. The number of carbonyl (C=O) groups excluding carboxylic acids is 2. The number of amides is 1. The van der Waals surface area contributed by atoms with Crippen molar-refractivity contribution in [3.05, 3.63) is 106 Å². The van der Waals surface area contributed by atoms with Gasteiger partial charge in [-0.1, -0.05) is 48.5 Å². The van der Waals surface area contributed by atoms with Gasteiger partial charge in [-0.15, -0.1) is 0 Å². The Morgan fingerprint density at radius 3 is 2.66 bits per heavy atom. The molecule has 0 aromatic heterocycles. The number of benzene rings is 3. The van der Waals surface area contributed by atoms with Crippen molar-refractivity contribution >= 4 is 45.8 Å². The first-order chi connectivity index (χ1) is 16.9. The molecule has 0 saturated heterocycles. The molecule has 0 unspecified atom stereocenters. The normalized spacial score (nSPS) is 16.2. The van der Waals surface area contributed by atoms with Crippen molar-refractivity contribution in [1.29, 1.82) is 5.41 Å². The van der Waals surface area contributed by atoms with E-state index in [0.717, 1.165) is 11.1 Å². The molecule has 0 atom stereocenters.